The first-order valence-electron chi connectivity index (χ1n) is 4.87. The van der Waals surface area contributed by atoms with E-state index >= 15 is 0 Å². The van der Waals surface area contributed by atoms with Gasteiger partial charge in [-0.05, 0) is 30.7 Å². The second-order valence-electron chi connectivity index (χ2n) is 3.23. The van der Waals surface area contributed by atoms with Gasteiger partial charge in [-0.25, -0.2) is 0 Å². The minimum Gasteiger partial charge on any atom is -0.383 e. The first-order valence-corrected chi connectivity index (χ1v) is 6.04. The summed E-state index contributed by atoms with van der Waals surface area (Å²) in [4.78, 5) is 0. The predicted molar refractivity (Wildman–Crippen MR) is 67.6 cm³/mol. The van der Waals surface area contributed by atoms with E-state index in [1.165, 1.54) is 5.56 Å². The SMILES string of the molecule is COCCNCCc1ccc(Cl)cc1Br. The van der Waals surface area contributed by atoms with Crippen molar-refractivity contribution in [3.05, 3.63) is 33.3 Å². The number of ether oxygens (including phenoxy) is 1. The Balaban J connectivity index is 2.31. The Morgan fingerprint density at radius 2 is 2.20 bits per heavy atom. The molecular formula is C11H15BrClNO. The highest BCUT2D eigenvalue weighted by atomic mass is 79.9. The van der Waals surface area contributed by atoms with Crippen LogP contribution in [0.3, 0.4) is 0 Å². The Kier molecular flexibility index (Phi) is 6.25. The molecule has 1 aromatic rings. The Bertz CT molecular complexity index is 307. The van der Waals surface area contributed by atoms with Crippen molar-refractivity contribution in [1.82, 2.24) is 5.32 Å². The van der Waals surface area contributed by atoms with Crippen molar-refractivity contribution in [3.8, 4) is 0 Å². The van der Waals surface area contributed by atoms with E-state index in [4.69, 9.17) is 16.3 Å². The molecule has 84 valence electrons. The topological polar surface area (TPSA) is 21.3 Å². The molecule has 0 aliphatic heterocycles. The summed E-state index contributed by atoms with van der Waals surface area (Å²) in [7, 11) is 1.71. The van der Waals surface area contributed by atoms with Gasteiger partial charge in [-0.1, -0.05) is 33.6 Å². The fraction of sp³-hybridized carbons (Fsp3) is 0.455. The summed E-state index contributed by atoms with van der Waals surface area (Å²) in [6.07, 6.45) is 0.988. The van der Waals surface area contributed by atoms with Gasteiger partial charge in [0.15, 0.2) is 0 Å². The van der Waals surface area contributed by atoms with E-state index in [1.807, 2.05) is 18.2 Å². The van der Waals surface area contributed by atoms with Crippen molar-refractivity contribution in [2.45, 2.75) is 6.42 Å². The van der Waals surface area contributed by atoms with Crippen LogP contribution < -0.4 is 5.32 Å². The summed E-state index contributed by atoms with van der Waals surface area (Å²) in [6, 6.07) is 5.88. The van der Waals surface area contributed by atoms with E-state index in [1.54, 1.807) is 7.11 Å². The molecule has 0 aromatic heterocycles. The molecule has 1 aromatic carbocycles. The summed E-state index contributed by atoms with van der Waals surface area (Å²) < 4.78 is 6.02. The Labute approximate surface area is 104 Å². The molecule has 0 aliphatic rings. The molecule has 1 rings (SSSR count). The molecule has 0 heterocycles. The van der Waals surface area contributed by atoms with E-state index in [0.29, 0.717) is 0 Å². The molecule has 0 unspecified atom stereocenters. The van der Waals surface area contributed by atoms with Crippen LogP contribution in [0.1, 0.15) is 5.56 Å². The summed E-state index contributed by atoms with van der Waals surface area (Å²) in [5, 5.41) is 4.06. The van der Waals surface area contributed by atoms with Gasteiger partial charge in [0.2, 0.25) is 0 Å². The van der Waals surface area contributed by atoms with Crippen LogP contribution in [-0.2, 0) is 11.2 Å². The highest BCUT2D eigenvalue weighted by Crippen LogP contribution is 2.21. The van der Waals surface area contributed by atoms with E-state index < -0.39 is 0 Å². The molecule has 0 saturated heterocycles. The van der Waals surface area contributed by atoms with Gasteiger partial charge in [-0.15, -0.1) is 0 Å². The normalized spacial score (nSPS) is 10.6. The number of hydrogen-bond donors (Lipinski definition) is 1. The molecule has 1 N–H and O–H groups in total. The maximum Gasteiger partial charge on any atom is 0.0587 e. The lowest BCUT2D eigenvalue weighted by Gasteiger charge is -2.06. The monoisotopic (exact) mass is 291 g/mol. The average Bonchev–Trinajstić information content (AvgIpc) is 2.20. The number of methoxy groups -OCH3 is 1. The highest BCUT2D eigenvalue weighted by molar-refractivity contribution is 9.10. The van der Waals surface area contributed by atoms with Crippen LogP contribution in [0, 0.1) is 0 Å². The van der Waals surface area contributed by atoms with Crippen molar-refractivity contribution < 1.29 is 4.74 Å². The van der Waals surface area contributed by atoms with Gasteiger partial charge in [0, 0.05) is 23.1 Å². The van der Waals surface area contributed by atoms with Crippen LogP contribution >= 0.6 is 27.5 Å². The van der Waals surface area contributed by atoms with Gasteiger partial charge in [0.1, 0.15) is 0 Å². The molecule has 0 fully saturated rings. The largest absolute Gasteiger partial charge is 0.383 e. The van der Waals surface area contributed by atoms with Gasteiger partial charge < -0.3 is 10.1 Å². The van der Waals surface area contributed by atoms with E-state index in [0.717, 1.165) is 35.6 Å². The summed E-state index contributed by atoms with van der Waals surface area (Å²) in [5.74, 6) is 0. The van der Waals surface area contributed by atoms with Crippen molar-refractivity contribution in [1.29, 1.82) is 0 Å². The van der Waals surface area contributed by atoms with Crippen LogP contribution in [0.15, 0.2) is 22.7 Å². The lowest BCUT2D eigenvalue weighted by atomic mass is 10.1. The van der Waals surface area contributed by atoms with Crippen LogP contribution in [0.4, 0.5) is 0 Å². The molecule has 0 bridgehead atoms. The zero-order chi connectivity index (χ0) is 11.1. The fourth-order valence-corrected chi connectivity index (χ4v) is 2.13. The van der Waals surface area contributed by atoms with Gasteiger partial charge in [0.25, 0.3) is 0 Å². The smallest absolute Gasteiger partial charge is 0.0587 e. The minimum atomic E-state index is 0.752. The molecule has 0 spiro atoms. The number of nitrogens with one attached hydrogen (secondary N) is 1. The Morgan fingerprint density at radius 3 is 2.87 bits per heavy atom. The first-order chi connectivity index (χ1) is 7.24. The number of benzene rings is 1. The van der Waals surface area contributed by atoms with Crippen LogP contribution in [0.25, 0.3) is 0 Å². The molecule has 4 heteroatoms. The lowest BCUT2D eigenvalue weighted by Crippen LogP contribution is -2.21. The maximum absolute atomic E-state index is 5.86. The highest BCUT2D eigenvalue weighted by Gasteiger charge is 1.99. The molecule has 0 saturated carbocycles. The number of hydrogen-bond acceptors (Lipinski definition) is 2. The van der Waals surface area contributed by atoms with Gasteiger partial charge in [-0.2, -0.15) is 0 Å². The third-order valence-electron chi connectivity index (χ3n) is 2.07. The Hall–Kier alpha value is -0.0900. The molecule has 0 radical (unpaired) electrons. The minimum absolute atomic E-state index is 0.752. The zero-order valence-corrected chi connectivity index (χ0v) is 11.1. The molecule has 2 nitrogen and oxygen atoms in total. The standard InChI is InChI=1S/C11H15BrClNO/c1-15-7-6-14-5-4-9-2-3-10(13)8-11(9)12/h2-3,8,14H,4-7H2,1H3. The molecule has 0 atom stereocenters. The van der Waals surface area contributed by atoms with Crippen LogP contribution in [-0.4, -0.2) is 26.8 Å². The van der Waals surface area contributed by atoms with Crippen LogP contribution in [0.5, 0.6) is 0 Å². The summed E-state index contributed by atoms with van der Waals surface area (Å²) in [5.41, 5.74) is 1.27. The van der Waals surface area contributed by atoms with Gasteiger partial charge >= 0.3 is 0 Å². The number of rotatable bonds is 6. The maximum atomic E-state index is 5.86. The molecule has 0 aliphatic carbocycles. The summed E-state index contributed by atoms with van der Waals surface area (Å²) in [6.45, 7) is 2.59. The average molecular weight is 293 g/mol. The van der Waals surface area contributed by atoms with Gasteiger partial charge in [0.05, 0.1) is 6.61 Å². The van der Waals surface area contributed by atoms with Crippen molar-refractivity contribution >= 4 is 27.5 Å². The van der Waals surface area contributed by atoms with Crippen molar-refractivity contribution in [2.24, 2.45) is 0 Å². The van der Waals surface area contributed by atoms with Crippen molar-refractivity contribution in [2.75, 3.05) is 26.8 Å². The molecule has 15 heavy (non-hydrogen) atoms. The van der Waals surface area contributed by atoms with Crippen LogP contribution in [0.2, 0.25) is 5.02 Å². The first kappa shape index (κ1) is 13.0. The zero-order valence-electron chi connectivity index (χ0n) is 8.72. The third-order valence-corrected chi connectivity index (χ3v) is 3.04. The quantitative estimate of drug-likeness (QED) is 0.814. The van der Waals surface area contributed by atoms with Gasteiger partial charge in [-0.3, -0.25) is 0 Å². The molecular weight excluding hydrogens is 277 g/mol. The second-order valence-corrected chi connectivity index (χ2v) is 4.52. The molecule has 0 amide bonds. The Morgan fingerprint density at radius 1 is 1.40 bits per heavy atom. The summed E-state index contributed by atoms with van der Waals surface area (Å²) >= 11 is 9.35. The number of halogens is 2. The lowest BCUT2D eigenvalue weighted by molar-refractivity contribution is 0.199. The van der Waals surface area contributed by atoms with Crippen molar-refractivity contribution in [3.63, 3.8) is 0 Å². The third kappa shape index (κ3) is 4.98. The van der Waals surface area contributed by atoms with E-state index in [2.05, 4.69) is 21.2 Å². The van der Waals surface area contributed by atoms with E-state index in [-0.39, 0.29) is 0 Å². The predicted octanol–water partition coefficient (Wildman–Crippen LogP) is 2.88. The van der Waals surface area contributed by atoms with E-state index in [9.17, 15) is 0 Å². The fourth-order valence-electron chi connectivity index (χ4n) is 1.25. The second kappa shape index (κ2) is 7.23.